The van der Waals surface area contributed by atoms with Crippen LogP contribution in [0.3, 0.4) is 0 Å². The Bertz CT molecular complexity index is 361. The number of nitrogens with one attached hydrogen (secondary N) is 1. The largest absolute Gasteiger partial charge is 0.495 e. The number of carbonyl (C=O) groups is 1. The molecule has 0 aliphatic carbocycles. The molecule has 0 saturated heterocycles. The average molecular weight is 208 g/mol. The number of ether oxygens (including phenoxy) is 1. The van der Waals surface area contributed by atoms with E-state index in [0.717, 1.165) is 0 Å². The number of carbonyl (C=O) groups excluding carboxylic acids is 1. The van der Waals surface area contributed by atoms with Gasteiger partial charge in [0.15, 0.2) is 5.78 Å². The molecular formula is C11H16N2O2. The van der Waals surface area contributed by atoms with Crippen LogP contribution in [0.15, 0.2) is 18.5 Å². The fourth-order valence-electron chi connectivity index (χ4n) is 1.13. The second-order valence-corrected chi connectivity index (χ2v) is 3.82. The number of likely N-dealkylation sites (N-methyl/N-ethyl adjacent to an activating group) is 1. The summed E-state index contributed by atoms with van der Waals surface area (Å²) in [6.07, 6.45) is 3.12. The molecule has 0 radical (unpaired) electrons. The van der Waals surface area contributed by atoms with E-state index in [1.54, 1.807) is 32.6 Å². The van der Waals surface area contributed by atoms with Crippen molar-refractivity contribution in [3.63, 3.8) is 0 Å². The number of pyridine rings is 1. The van der Waals surface area contributed by atoms with Crippen LogP contribution < -0.4 is 10.1 Å². The minimum atomic E-state index is -0.589. The highest BCUT2D eigenvalue weighted by Crippen LogP contribution is 2.16. The van der Waals surface area contributed by atoms with Crippen LogP contribution >= 0.6 is 0 Å². The number of ketones is 1. The van der Waals surface area contributed by atoms with Crippen LogP contribution in [0.5, 0.6) is 5.75 Å². The molecule has 0 saturated carbocycles. The molecule has 0 aliphatic heterocycles. The smallest absolute Gasteiger partial charge is 0.183 e. The molecule has 1 aromatic rings. The topological polar surface area (TPSA) is 51.2 Å². The van der Waals surface area contributed by atoms with Crippen LogP contribution in [0, 0.1) is 0 Å². The Morgan fingerprint density at radius 3 is 2.67 bits per heavy atom. The first kappa shape index (κ1) is 11.7. The van der Waals surface area contributed by atoms with E-state index in [2.05, 4.69) is 10.3 Å². The fourth-order valence-corrected chi connectivity index (χ4v) is 1.13. The molecule has 0 aromatic carbocycles. The lowest BCUT2D eigenvalue weighted by Gasteiger charge is -2.22. The van der Waals surface area contributed by atoms with Crippen molar-refractivity contribution in [2.75, 3.05) is 14.2 Å². The predicted octanol–water partition coefficient (Wildman–Crippen LogP) is 1.27. The zero-order valence-electron chi connectivity index (χ0n) is 9.50. The molecular weight excluding hydrogens is 192 g/mol. The highest BCUT2D eigenvalue weighted by molar-refractivity contribution is 6.02. The standard InChI is InChI=1S/C11H16N2O2/c1-11(2,12-3)10(14)8-5-9(15-4)7-13-6-8/h5-7,12H,1-4H3. The SMILES string of the molecule is CNC(C)(C)C(=O)c1cncc(OC)c1. The minimum absolute atomic E-state index is 0.00333. The third kappa shape index (κ3) is 2.53. The van der Waals surface area contributed by atoms with Gasteiger partial charge in [0.05, 0.1) is 18.8 Å². The van der Waals surface area contributed by atoms with Gasteiger partial charge in [-0.2, -0.15) is 0 Å². The van der Waals surface area contributed by atoms with Crippen LogP contribution in [0.25, 0.3) is 0 Å². The maximum Gasteiger partial charge on any atom is 0.183 e. The van der Waals surface area contributed by atoms with Gasteiger partial charge in [-0.25, -0.2) is 0 Å². The molecule has 0 bridgehead atoms. The number of hydrogen-bond donors (Lipinski definition) is 1. The van der Waals surface area contributed by atoms with Gasteiger partial charge in [0, 0.05) is 11.8 Å². The van der Waals surface area contributed by atoms with Crippen molar-refractivity contribution in [2.24, 2.45) is 0 Å². The van der Waals surface area contributed by atoms with Gasteiger partial charge in [0.25, 0.3) is 0 Å². The quantitative estimate of drug-likeness (QED) is 0.757. The molecule has 0 spiro atoms. The van der Waals surface area contributed by atoms with Gasteiger partial charge in [-0.05, 0) is 27.0 Å². The third-order valence-electron chi connectivity index (χ3n) is 2.40. The number of methoxy groups -OCH3 is 1. The number of nitrogens with zero attached hydrogens (tertiary/aromatic N) is 1. The van der Waals surface area contributed by atoms with Gasteiger partial charge < -0.3 is 10.1 Å². The second-order valence-electron chi connectivity index (χ2n) is 3.82. The van der Waals surface area contributed by atoms with E-state index in [-0.39, 0.29) is 5.78 Å². The summed E-state index contributed by atoms with van der Waals surface area (Å²) in [5, 5.41) is 2.96. The number of rotatable bonds is 4. The summed E-state index contributed by atoms with van der Waals surface area (Å²) in [6.45, 7) is 3.66. The lowest BCUT2D eigenvalue weighted by molar-refractivity contribution is 0.0889. The molecule has 0 amide bonds. The lowest BCUT2D eigenvalue weighted by atomic mass is 9.94. The van der Waals surface area contributed by atoms with Crippen molar-refractivity contribution in [1.82, 2.24) is 10.3 Å². The normalized spacial score (nSPS) is 11.2. The number of Topliss-reactive ketones (excluding diaryl/α,β-unsaturated/α-hetero) is 1. The first-order chi connectivity index (χ1) is 7.01. The molecule has 82 valence electrons. The molecule has 15 heavy (non-hydrogen) atoms. The predicted molar refractivity (Wildman–Crippen MR) is 58.3 cm³/mol. The van der Waals surface area contributed by atoms with Gasteiger partial charge in [0.1, 0.15) is 5.75 Å². The molecule has 0 unspecified atom stereocenters. The Balaban J connectivity index is 3.01. The third-order valence-corrected chi connectivity index (χ3v) is 2.40. The Labute approximate surface area is 89.7 Å². The second kappa shape index (κ2) is 4.40. The summed E-state index contributed by atoms with van der Waals surface area (Å²) in [6, 6.07) is 1.69. The van der Waals surface area contributed by atoms with Gasteiger partial charge in [-0.1, -0.05) is 0 Å². The maximum atomic E-state index is 12.0. The van der Waals surface area contributed by atoms with Crippen LogP contribution in [0.2, 0.25) is 0 Å². The Hall–Kier alpha value is -1.42. The van der Waals surface area contributed by atoms with Crippen molar-refractivity contribution in [2.45, 2.75) is 19.4 Å². The molecule has 4 nitrogen and oxygen atoms in total. The first-order valence-corrected chi connectivity index (χ1v) is 4.74. The van der Waals surface area contributed by atoms with E-state index in [1.807, 2.05) is 13.8 Å². The number of aromatic nitrogens is 1. The summed E-state index contributed by atoms with van der Waals surface area (Å²) < 4.78 is 5.02. The molecule has 0 atom stereocenters. The summed E-state index contributed by atoms with van der Waals surface area (Å²) in [7, 11) is 3.31. The van der Waals surface area contributed by atoms with E-state index in [1.165, 1.54) is 0 Å². The highest BCUT2D eigenvalue weighted by atomic mass is 16.5. The van der Waals surface area contributed by atoms with E-state index < -0.39 is 5.54 Å². The van der Waals surface area contributed by atoms with Crippen LogP contribution in [0.4, 0.5) is 0 Å². The summed E-state index contributed by atoms with van der Waals surface area (Å²) in [5.74, 6) is 0.587. The Kier molecular flexibility index (Phi) is 3.42. The maximum absolute atomic E-state index is 12.0. The van der Waals surface area contributed by atoms with Gasteiger partial charge in [-0.3, -0.25) is 9.78 Å². The Morgan fingerprint density at radius 1 is 1.47 bits per heavy atom. The van der Waals surface area contributed by atoms with Crippen molar-refractivity contribution in [3.8, 4) is 5.75 Å². The first-order valence-electron chi connectivity index (χ1n) is 4.74. The van der Waals surface area contributed by atoms with Gasteiger partial charge >= 0.3 is 0 Å². The van der Waals surface area contributed by atoms with E-state index in [0.29, 0.717) is 11.3 Å². The van der Waals surface area contributed by atoms with E-state index >= 15 is 0 Å². The molecule has 0 fully saturated rings. The van der Waals surface area contributed by atoms with Gasteiger partial charge in [0.2, 0.25) is 0 Å². The number of hydrogen-bond acceptors (Lipinski definition) is 4. The summed E-state index contributed by atoms with van der Waals surface area (Å²) in [4.78, 5) is 16.0. The van der Waals surface area contributed by atoms with Crippen LogP contribution in [0.1, 0.15) is 24.2 Å². The minimum Gasteiger partial charge on any atom is -0.495 e. The van der Waals surface area contributed by atoms with E-state index in [4.69, 9.17) is 4.74 Å². The zero-order chi connectivity index (χ0) is 11.5. The molecule has 4 heteroatoms. The van der Waals surface area contributed by atoms with E-state index in [9.17, 15) is 4.79 Å². The Morgan fingerprint density at radius 2 is 2.13 bits per heavy atom. The summed E-state index contributed by atoms with van der Waals surface area (Å²) >= 11 is 0. The average Bonchev–Trinajstić information content (AvgIpc) is 2.28. The van der Waals surface area contributed by atoms with Gasteiger partial charge in [-0.15, -0.1) is 0 Å². The zero-order valence-corrected chi connectivity index (χ0v) is 9.50. The molecule has 1 N–H and O–H groups in total. The molecule has 1 heterocycles. The van der Waals surface area contributed by atoms with Crippen LogP contribution in [-0.4, -0.2) is 30.5 Å². The highest BCUT2D eigenvalue weighted by Gasteiger charge is 2.26. The van der Waals surface area contributed by atoms with Crippen molar-refractivity contribution >= 4 is 5.78 Å². The molecule has 0 aliphatic rings. The van der Waals surface area contributed by atoms with Crippen molar-refractivity contribution in [3.05, 3.63) is 24.0 Å². The molecule has 1 aromatic heterocycles. The van der Waals surface area contributed by atoms with Crippen molar-refractivity contribution < 1.29 is 9.53 Å². The lowest BCUT2D eigenvalue weighted by Crippen LogP contribution is -2.44. The summed E-state index contributed by atoms with van der Waals surface area (Å²) in [5.41, 5.74) is -0.0395. The molecule has 1 rings (SSSR count). The fraction of sp³-hybridized carbons (Fsp3) is 0.455. The monoisotopic (exact) mass is 208 g/mol. The van der Waals surface area contributed by atoms with Crippen molar-refractivity contribution in [1.29, 1.82) is 0 Å². The van der Waals surface area contributed by atoms with Crippen LogP contribution in [-0.2, 0) is 0 Å².